The Hall–Kier alpha value is -2.89. The molecule has 0 atom stereocenters. The van der Waals surface area contributed by atoms with Crippen LogP contribution < -0.4 is 15.0 Å². The summed E-state index contributed by atoms with van der Waals surface area (Å²) in [5, 5.41) is 2.69. The van der Waals surface area contributed by atoms with Crippen LogP contribution in [0.1, 0.15) is 16.8 Å². The fourth-order valence-corrected chi connectivity index (χ4v) is 2.36. The van der Waals surface area contributed by atoms with Crippen molar-refractivity contribution in [1.82, 2.24) is 0 Å². The molecule has 1 aliphatic heterocycles. The number of halogens is 1. The van der Waals surface area contributed by atoms with Crippen LogP contribution in [0.25, 0.3) is 0 Å². The van der Waals surface area contributed by atoms with Crippen LogP contribution in [0, 0.1) is 5.82 Å². The van der Waals surface area contributed by atoms with Gasteiger partial charge in [-0.05, 0) is 36.4 Å². The van der Waals surface area contributed by atoms with E-state index < -0.39 is 11.7 Å². The van der Waals surface area contributed by atoms with Gasteiger partial charge < -0.3 is 15.0 Å². The van der Waals surface area contributed by atoms with Gasteiger partial charge in [0.25, 0.3) is 5.91 Å². The van der Waals surface area contributed by atoms with Crippen molar-refractivity contribution in [2.75, 3.05) is 23.9 Å². The Labute approximate surface area is 132 Å². The van der Waals surface area contributed by atoms with E-state index in [4.69, 9.17) is 4.74 Å². The Kier molecular flexibility index (Phi) is 3.97. The van der Waals surface area contributed by atoms with Crippen molar-refractivity contribution in [3.8, 4) is 5.75 Å². The maximum absolute atomic E-state index is 13.2. The number of nitrogens with zero attached hydrogens (tertiary/aromatic N) is 1. The molecule has 2 amide bonds. The molecular weight excluding hydrogens is 299 g/mol. The molecule has 0 aliphatic carbocycles. The van der Waals surface area contributed by atoms with E-state index in [1.165, 1.54) is 23.1 Å². The lowest BCUT2D eigenvalue weighted by Gasteiger charge is -2.17. The molecule has 1 aliphatic rings. The Morgan fingerprint density at radius 3 is 2.87 bits per heavy atom. The summed E-state index contributed by atoms with van der Waals surface area (Å²) in [6.07, 6.45) is 0.302. The molecule has 0 bridgehead atoms. The molecule has 118 valence electrons. The molecule has 23 heavy (non-hydrogen) atoms. The second-order valence-electron chi connectivity index (χ2n) is 5.20. The molecule has 1 heterocycles. The summed E-state index contributed by atoms with van der Waals surface area (Å²) < 4.78 is 18.7. The van der Waals surface area contributed by atoms with E-state index >= 15 is 0 Å². The molecule has 0 spiro atoms. The second kappa shape index (κ2) is 6.08. The highest BCUT2D eigenvalue weighted by molar-refractivity contribution is 6.05. The SMILES string of the molecule is CN1C(=O)CCOc2ccc(NC(=O)c3cccc(F)c3)cc21. The van der Waals surface area contributed by atoms with E-state index in [1.54, 1.807) is 25.2 Å². The number of hydrogen-bond donors (Lipinski definition) is 1. The van der Waals surface area contributed by atoms with Crippen molar-refractivity contribution >= 4 is 23.2 Å². The number of benzene rings is 2. The first-order chi connectivity index (χ1) is 11.0. The monoisotopic (exact) mass is 314 g/mol. The lowest BCUT2D eigenvalue weighted by Crippen LogP contribution is -2.25. The van der Waals surface area contributed by atoms with E-state index in [1.807, 2.05) is 0 Å². The van der Waals surface area contributed by atoms with E-state index in [9.17, 15) is 14.0 Å². The van der Waals surface area contributed by atoms with E-state index in [0.717, 1.165) is 6.07 Å². The Morgan fingerprint density at radius 1 is 1.26 bits per heavy atom. The predicted octanol–water partition coefficient (Wildman–Crippen LogP) is 2.82. The Balaban J connectivity index is 1.86. The molecule has 6 heteroatoms. The number of carbonyl (C=O) groups is 2. The normalized spacial score (nSPS) is 13.8. The molecule has 0 unspecified atom stereocenters. The average molecular weight is 314 g/mol. The number of nitrogens with one attached hydrogen (secondary N) is 1. The maximum Gasteiger partial charge on any atom is 0.255 e. The molecule has 0 radical (unpaired) electrons. The lowest BCUT2D eigenvalue weighted by molar-refractivity contribution is -0.118. The van der Waals surface area contributed by atoms with Gasteiger partial charge >= 0.3 is 0 Å². The molecule has 3 rings (SSSR count). The topological polar surface area (TPSA) is 58.6 Å². The van der Waals surface area contributed by atoms with Crippen molar-refractivity contribution in [2.24, 2.45) is 0 Å². The molecule has 0 saturated heterocycles. The van der Waals surface area contributed by atoms with Crippen molar-refractivity contribution in [1.29, 1.82) is 0 Å². The molecular formula is C17H15FN2O3. The maximum atomic E-state index is 13.2. The van der Waals surface area contributed by atoms with Crippen LogP contribution in [0.4, 0.5) is 15.8 Å². The largest absolute Gasteiger partial charge is 0.491 e. The summed E-state index contributed by atoms with van der Waals surface area (Å²) >= 11 is 0. The zero-order chi connectivity index (χ0) is 16.4. The number of fused-ring (bicyclic) bond motifs is 1. The van der Waals surface area contributed by atoms with Crippen LogP contribution in [0.5, 0.6) is 5.75 Å². The van der Waals surface area contributed by atoms with Gasteiger partial charge in [0.1, 0.15) is 11.6 Å². The standard InChI is InChI=1S/C17H15FN2O3/c1-20-14-10-13(5-6-15(14)23-8-7-16(20)21)19-17(22)11-3-2-4-12(18)9-11/h2-6,9-10H,7-8H2,1H3,(H,19,22). The molecule has 0 fully saturated rings. The smallest absolute Gasteiger partial charge is 0.255 e. The molecule has 0 aromatic heterocycles. The molecule has 5 nitrogen and oxygen atoms in total. The third-order valence-electron chi connectivity index (χ3n) is 3.61. The first-order valence-electron chi connectivity index (χ1n) is 7.15. The summed E-state index contributed by atoms with van der Waals surface area (Å²) in [5.74, 6) is -0.370. The van der Waals surface area contributed by atoms with Gasteiger partial charge in [-0.2, -0.15) is 0 Å². The third kappa shape index (κ3) is 3.15. The minimum atomic E-state index is -0.474. The van der Waals surface area contributed by atoms with Crippen LogP contribution in [-0.4, -0.2) is 25.5 Å². The molecule has 2 aromatic carbocycles. The first kappa shape index (κ1) is 15.0. The number of amides is 2. The first-order valence-corrected chi connectivity index (χ1v) is 7.15. The van der Waals surface area contributed by atoms with Gasteiger partial charge in [-0.1, -0.05) is 6.07 Å². The second-order valence-corrected chi connectivity index (χ2v) is 5.20. The summed E-state index contributed by atoms with van der Waals surface area (Å²) in [6, 6.07) is 10.5. The molecule has 0 saturated carbocycles. The van der Waals surface area contributed by atoms with Crippen molar-refractivity contribution in [3.05, 3.63) is 53.8 Å². The van der Waals surface area contributed by atoms with Crippen molar-refractivity contribution < 1.29 is 18.7 Å². The third-order valence-corrected chi connectivity index (χ3v) is 3.61. The van der Waals surface area contributed by atoms with E-state index in [2.05, 4.69) is 5.32 Å². The summed E-state index contributed by atoms with van der Waals surface area (Å²) in [7, 11) is 1.66. The van der Waals surface area contributed by atoms with E-state index in [0.29, 0.717) is 30.2 Å². The van der Waals surface area contributed by atoms with Crippen LogP contribution in [0.3, 0.4) is 0 Å². The van der Waals surface area contributed by atoms with Gasteiger partial charge in [-0.3, -0.25) is 9.59 Å². The van der Waals surface area contributed by atoms with Gasteiger partial charge in [-0.25, -0.2) is 4.39 Å². The fraction of sp³-hybridized carbons (Fsp3) is 0.176. The van der Waals surface area contributed by atoms with Crippen molar-refractivity contribution in [2.45, 2.75) is 6.42 Å². The zero-order valence-corrected chi connectivity index (χ0v) is 12.5. The number of ether oxygens (including phenoxy) is 1. The van der Waals surface area contributed by atoms with Crippen LogP contribution in [0.15, 0.2) is 42.5 Å². The highest BCUT2D eigenvalue weighted by atomic mass is 19.1. The fourth-order valence-electron chi connectivity index (χ4n) is 2.36. The van der Waals surface area contributed by atoms with Gasteiger partial charge in [0.05, 0.1) is 18.7 Å². The summed E-state index contributed by atoms with van der Waals surface area (Å²) in [6.45, 7) is 0.325. The van der Waals surface area contributed by atoms with Crippen molar-refractivity contribution in [3.63, 3.8) is 0 Å². The van der Waals surface area contributed by atoms with E-state index in [-0.39, 0.29) is 11.5 Å². The van der Waals surface area contributed by atoms with Gasteiger partial charge in [0, 0.05) is 18.3 Å². The van der Waals surface area contributed by atoms with Gasteiger partial charge in [0.2, 0.25) is 5.91 Å². The van der Waals surface area contributed by atoms with Crippen LogP contribution >= 0.6 is 0 Å². The molecule has 2 aromatic rings. The Bertz CT molecular complexity index is 776. The van der Waals surface area contributed by atoms with Gasteiger partial charge in [0.15, 0.2) is 0 Å². The minimum Gasteiger partial charge on any atom is -0.491 e. The molecule has 1 N–H and O–H groups in total. The highest BCUT2D eigenvalue weighted by Crippen LogP contribution is 2.33. The quantitative estimate of drug-likeness (QED) is 0.927. The summed E-state index contributed by atoms with van der Waals surface area (Å²) in [5.41, 5.74) is 1.31. The average Bonchev–Trinajstić information content (AvgIpc) is 2.67. The van der Waals surface area contributed by atoms with Crippen LogP contribution in [-0.2, 0) is 4.79 Å². The predicted molar refractivity (Wildman–Crippen MR) is 84.3 cm³/mol. The Morgan fingerprint density at radius 2 is 2.09 bits per heavy atom. The number of rotatable bonds is 2. The lowest BCUT2D eigenvalue weighted by atomic mass is 10.2. The number of hydrogen-bond acceptors (Lipinski definition) is 3. The van der Waals surface area contributed by atoms with Gasteiger partial charge in [-0.15, -0.1) is 0 Å². The minimum absolute atomic E-state index is 0.0580. The zero-order valence-electron chi connectivity index (χ0n) is 12.5. The highest BCUT2D eigenvalue weighted by Gasteiger charge is 2.20. The number of anilines is 2. The summed E-state index contributed by atoms with van der Waals surface area (Å²) in [4.78, 5) is 25.5. The van der Waals surface area contributed by atoms with Crippen LogP contribution in [0.2, 0.25) is 0 Å². The number of carbonyl (C=O) groups excluding carboxylic acids is 2.